The summed E-state index contributed by atoms with van der Waals surface area (Å²) in [4.78, 5) is 0. The van der Waals surface area contributed by atoms with Gasteiger partial charge in [0.05, 0.1) is 0 Å². The smallest absolute Gasteiger partial charge is 0.123 e. The highest BCUT2D eigenvalue weighted by Crippen LogP contribution is 2.36. The van der Waals surface area contributed by atoms with Crippen LogP contribution in [0, 0.1) is 5.41 Å². The molecule has 0 aliphatic heterocycles. The lowest BCUT2D eigenvalue weighted by Crippen LogP contribution is -2.10. The third-order valence-corrected chi connectivity index (χ3v) is 3.38. The predicted octanol–water partition coefficient (Wildman–Crippen LogP) is 5.09. The van der Waals surface area contributed by atoms with Gasteiger partial charge in [-0.1, -0.05) is 58.0 Å². The van der Waals surface area contributed by atoms with E-state index in [2.05, 4.69) is 39.8 Å². The molecule has 1 nitrogen and oxygen atoms in total. The molecule has 0 heterocycles. The molecule has 0 amide bonds. The number of phenolic OH excluding ortho intramolecular Hbond substituents is 1. The van der Waals surface area contributed by atoms with Gasteiger partial charge in [-0.25, -0.2) is 0 Å². The molecule has 0 aromatic heterocycles. The van der Waals surface area contributed by atoms with E-state index in [1.165, 1.54) is 10.9 Å². The zero-order valence-corrected chi connectivity index (χ0v) is 11.7. The van der Waals surface area contributed by atoms with E-state index < -0.39 is 0 Å². The van der Waals surface area contributed by atoms with Gasteiger partial charge in [-0.15, -0.1) is 0 Å². The standard InChI is InChI=1S/C17H22O/c1-12(11-17(2,3)4)13-7-5-9-15-14(13)8-6-10-16(15)18/h5-10,12,18H,11H2,1-4H3. The lowest BCUT2D eigenvalue weighted by molar-refractivity contribution is 0.349. The van der Waals surface area contributed by atoms with Gasteiger partial charge in [0.15, 0.2) is 0 Å². The van der Waals surface area contributed by atoms with Gasteiger partial charge in [0.25, 0.3) is 0 Å². The lowest BCUT2D eigenvalue weighted by Gasteiger charge is -2.24. The number of fused-ring (bicyclic) bond motifs is 1. The van der Waals surface area contributed by atoms with E-state index in [9.17, 15) is 5.11 Å². The van der Waals surface area contributed by atoms with Crippen LogP contribution in [0.1, 0.15) is 45.6 Å². The zero-order valence-electron chi connectivity index (χ0n) is 11.7. The first-order valence-electron chi connectivity index (χ1n) is 6.59. The van der Waals surface area contributed by atoms with Crippen LogP contribution in [0.25, 0.3) is 10.8 Å². The molecular formula is C17H22O. The Hall–Kier alpha value is -1.50. The van der Waals surface area contributed by atoms with Crippen LogP contribution in [0.4, 0.5) is 0 Å². The number of phenols is 1. The summed E-state index contributed by atoms with van der Waals surface area (Å²) >= 11 is 0. The fraction of sp³-hybridized carbons (Fsp3) is 0.412. The molecule has 0 radical (unpaired) electrons. The molecule has 2 rings (SSSR count). The van der Waals surface area contributed by atoms with Crippen LogP contribution in [-0.4, -0.2) is 5.11 Å². The largest absolute Gasteiger partial charge is 0.507 e. The molecule has 1 heteroatoms. The van der Waals surface area contributed by atoms with Crippen molar-refractivity contribution in [1.29, 1.82) is 0 Å². The molecule has 0 saturated heterocycles. The van der Waals surface area contributed by atoms with Gasteiger partial charge in [0, 0.05) is 5.39 Å². The van der Waals surface area contributed by atoms with Crippen molar-refractivity contribution in [2.24, 2.45) is 5.41 Å². The molecule has 0 spiro atoms. The SMILES string of the molecule is CC(CC(C)(C)C)c1cccc2c(O)cccc12. The van der Waals surface area contributed by atoms with Crippen LogP contribution in [0.5, 0.6) is 5.75 Å². The quantitative estimate of drug-likeness (QED) is 0.778. The Morgan fingerprint density at radius 3 is 2.28 bits per heavy atom. The van der Waals surface area contributed by atoms with Crippen LogP contribution < -0.4 is 0 Å². The van der Waals surface area contributed by atoms with Gasteiger partial charge in [-0.2, -0.15) is 0 Å². The normalized spacial score (nSPS) is 13.8. The average Bonchev–Trinajstić information content (AvgIpc) is 2.26. The Balaban J connectivity index is 2.48. The van der Waals surface area contributed by atoms with Crippen molar-refractivity contribution in [3.8, 4) is 5.75 Å². The lowest BCUT2D eigenvalue weighted by atomic mass is 9.81. The number of aromatic hydroxyl groups is 1. The van der Waals surface area contributed by atoms with E-state index in [1.54, 1.807) is 6.07 Å². The monoisotopic (exact) mass is 242 g/mol. The van der Waals surface area contributed by atoms with Gasteiger partial charge >= 0.3 is 0 Å². The summed E-state index contributed by atoms with van der Waals surface area (Å²) in [6, 6.07) is 12.0. The number of benzene rings is 2. The van der Waals surface area contributed by atoms with E-state index in [1.807, 2.05) is 18.2 Å². The maximum Gasteiger partial charge on any atom is 0.123 e. The first kappa shape index (κ1) is 12.9. The molecule has 2 aromatic carbocycles. The highest BCUT2D eigenvalue weighted by molar-refractivity contribution is 5.91. The molecule has 96 valence electrons. The molecule has 1 unspecified atom stereocenters. The summed E-state index contributed by atoms with van der Waals surface area (Å²) in [5, 5.41) is 12.0. The Labute approximate surface area is 109 Å². The minimum atomic E-state index is 0.318. The Morgan fingerprint density at radius 1 is 1.00 bits per heavy atom. The molecule has 0 aliphatic carbocycles. The molecule has 0 aliphatic rings. The Morgan fingerprint density at radius 2 is 1.61 bits per heavy atom. The van der Waals surface area contributed by atoms with Gasteiger partial charge in [0.1, 0.15) is 5.75 Å². The second-order valence-electron chi connectivity index (χ2n) is 6.39. The van der Waals surface area contributed by atoms with Crippen molar-refractivity contribution >= 4 is 10.8 Å². The molecule has 0 saturated carbocycles. The minimum Gasteiger partial charge on any atom is -0.507 e. The van der Waals surface area contributed by atoms with Crippen molar-refractivity contribution < 1.29 is 5.11 Å². The van der Waals surface area contributed by atoms with E-state index in [4.69, 9.17) is 0 Å². The van der Waals surface area contributed by atoms with Crippen LogP contribution >= 0.6 is 0 Å². The second kappa shape index (κ2) is 4.64. The highest BCUT2D eigenvalue weighted by atomic mass is 16.3. The molecule has 0 bridgehead atoms. The van der Waals surface area contributed by atoms with Gasteiger partial charge in [-0.05, 0) is 34.8 Å². The minimum absolute atomic E-state index is 0.318. The third-order valence-electron chi connectivity index (χ3n) is 3.38. The number of hydrogen-bond donors (Lipinski definition) is 1. The maximum atomic E-state index is 9.91. The van der Waals surface area contributed by atoms with Crippen molar-refractivity contribution in [2.75, 3.05) is 0 Å². The van der Waals surface area contributed by atoms with E-state index in [0.29, 0.717) is 17.1 Å². The van der Waals surface area contributed by atoms with Crippen molar-refractivity contribution in [1.82, 2.24) is 0 Å². The zero-order chi connectivity index (χ0) is 13.3. The van der Waals surface area contributed by atoms with Crippen molar-refractivity contribution in [3.05, 3.63) is 42.0 Å². The van der Waals surface area contributed by atoms with Crippen molar-refractivity contribution in [2.45, 2.75) is 40.0 Å². The van der Waals surface area contributed by atoms with Crippen molar-refractivity contribution in [3.63, 3.8) is 0 Å². The summed E-state index contributed by atoms with van der Waals surface area (Å²) in [5.74, 6) is 0.868. The van der Waals surface area contributed by atoms with Crippen LogP contribution in [-0.2, 0) is 0 Å². The van der Waals surface area contributed by atoms with Gasteiger partial charge in [-0.3, -0.25) is 0 Å². The van der Waals surface area contributed by atoms with E-state index in [0.717, 1.165) is 11.8 Å². The Bertz CT molecular complexity index is 549. The number of hydrogen-bond acceptors (Lipinski definition) is 1. The first-order chi connectivity index (χ1) is 8.38. The highest BCUT2D eigenvalue weighted by Gasteiger charge is 2.18. The molecule has 1 atom stereocenters. The average molecular weight is 242 g/mol. The van der Waals surface area contributed by atoms with Crippen LogP contribution in [0.3, 0.4) is 0 Å². The predicted molar refractivity (Wildman–Crippen MR) is 78.1 cm³/mol. The topological polar surface area (TPSA) is 20.2 Å². The second-order valence-corrected chi connectivity index (χ2v) is 6.39. The molecule has 18 heavy (non-hydrogen) atoms. The fourth-order valence-corrected chi connectivity index (χ4v) is 2.78. The molecule has 0 fully saturated rings. The summed E-state index contributed by atoms with van der Waals surface area (Å²) < 4.78 is 0. The molecule has 1 N–H and O–H groups in total. The van der Waals surface area contributed by atoms with Crippen LogP contribution in [0.2, 0.25) is 0 Å². The Kier molecular flexibility index (Phi) is 3.34. The maximum absolute atomic E-state index is 9.91. The first-order valence-corrected chi connectivity index (χ1v) is 6.59. The summed E-state index contributed by atoms with van der Waals surface area (Å²) in [6.45, 7) is 9.08. The summed E-state index contributed by atoms with van der Waals surface area (Å²) in [5.41, 5.74) is 1.65. The van der Waals surface area contributed by atoms with E-state index >= 15 is 0 Å². The van der Waals surface area contributed by atoms with Crippen LogP contribution in [0.15, 0.2) is 36.4 Å². The molecular weight excluding hydrogens is 220 g/mol. The van der Waals surface area contributed by atoms with Gasteiger partial charge in [0.2, 0.25) is 0 Å². The third kappa shape index (κ3) is 2.66. The van der Waals surface area contributed by atoms with E-state index in [-0.39, 0.29) is 0 Å². The van der Waals surface area contributed by atoms with Gasteiger partial charge < -0.3 is 5.11 Å². The number of rotatable bonds is 2. The summed E-state index contributed by atoms with van der Waals surface area (Å²) in [6.07, 6.45) is 1.14. The summed E-state index contributed by atoms with van der Waals surface area (Å²) in [7, 11) is 0. The fourth-order valence-electron chi connectivity index (χ4n) is 2.78. The molecule has 2 aromatic rings.